The lowest BCUT2D eigenvalue weighted by Gasteiger charge is -2.02. The zero-order valence-corrected chi connectivity index (χ0v) is 15.4. The molecule has 1 aliphatic heterocycles. The Morgan fingerprint density at radius 2 is 1.88 bits per heavy atom. The lowest BCUT2D eigenvalue weighted by atomic mass is 10.1. The van der Waals surface area contributed by atoms with Gasteiger partial charge in [0.05, 0.1) is 10.6 Å². The Hall–Kier alpha value is -1.98. The van der Waals surface area contributed by atoms with Crippen molar-refractivity contribution in [2.45, 2.75) is 18.7 Å². The molecular formula is C19H18N2OS2. The van der Waals surface area contributed by atoms with Crippen molar-refractivity contribution in [2.75, 3.05) is 6.26 Å². The molecule has 1 amide bonds. The predicted molar refractivity (Wildman–Crippen MR) is 105 cm³/mol. The van der Waals surface area contributed by atoms with Crippen LogP contribution in [0.1, 0.15) is 16.7 Å². The molecular weight excluding hydrogens is 336 g/mol. The second-order valence-electron chi connectivity index (χ2n) is 5.54. The number of rotatable bonds is 3. The molecule has 0 aliphatic carbocycles. The highest BCUT2D eigenvalue weighted by atomic mass is 32.2. The van der Waals surface area contributed by atoms with Crippen molar-refractivity contribution >= 4 is 46.4 Å². The van der Waals surface area contributed by atoms with Crippen molar-refractivity contribution in [3.63, 3.8) is 0 Å². The first-order valence-corrected chi connectivity index (χ1v) is 9.60. The van der Waals surface area contributed by atoms with E-state index >= 15 is 0 Å². The van der Waals surface area contributed by atoms with Gasteiger partial charge in [0, 0.05) is 4.90 Å². The highest BCUT2D eigenvalue weighted by Crippen LogP contribution is 2.29. The van der Waals surface area contributed by atoms with E-state index in [9.17, 15) is 4.79 Å². The molecule has 1 saturated heterocycles. The van der Waals surface area contributed by atoms with E-state index in [2.05, 4.69) is 28.5 Å². The molecule has 0 radical (unpaired) electrons. The van der Waals surface area contributed by atoms with Crippen molar-refractivity contribution in [3.05, 3.63) is 64.1 Å². The van der Waals surface area contributed by atoms with Crippen LogP contribution >= 0.6 is 23.5 Å². The molecule has 3 rings (SSSR count). The lowest BCUT2D eigenvalue weighted by molar-refractivity contribution is -0.115. The van der Waals surface area contributed by atoms with Crippen molar-refractivity contribution in [2.24, 2.45) is 4.99 Å². The second kappa shape index (κ2) is 7.28. The average molecular weight is 355 g/mol. The number of hydrogen-bond donors (Lipinski definition) is 1. The van der Waals surface area contributed by atoms with Gasteiger partial charge in [0.2, 0.25) is 0 Å². The monoisotopic (exact) mass is 354 g/mol. The molecule has 0 unspecified atom stereocenters. The van der Waals surface area contributed by atoms with Crippen LogP contribution < -0.4 is 5.32 Å². The molecule has 0 bridgehead atoms. The van der Waals surface area contributed by atoms with Gasteiger partial charge in [0.1, 0.15) is 0 Å². The van der Waals surface area contributed by atoms with Gasteiger partial charge in [-0.2, -0.15) is 0 Å². The minimum atomic E-state index is -0.0991. The summed E-state index contributed by atoms with van der Waals surface area (Å²) < 4.78 is 0. The summed E-state index contributed by atoms with van der Waals surface area (Å²) in [7, 11) is 0. The molecule has 1 heterocycles. The van der Waals surface area contributed by atoms with Crippen molar-refractivity contribution in [1.82, 2.24) is 5.32 Å². The fourth-order valence-electron chi connectivity index (χ4n) is 2.28. The fourth-order valence-corrected chi connectivity index (χ4v) is 3.52. The third-order valence-electron chi connectivity index (χ3n) is 3.65. The minimum Gasteiger partial charge on any atom is -0.300 e. The molecule has 2 aromatic rings. The van der Waals surface area contributed by atoms with E-state index in [-0.39, 0.29) is 5.91 Å². The zero-order valence-electron chi connectivity index (χ0n) is 13.8. The molecule has 5 heteroatoms. The van der Waals surface area contributed by atoms with Crippen LogP contribution in [0.25, 0.3) is 6.08 Å². The van der Waals surface area contributed by atoms with Crippen LogP contribution in [-0.4, -0.2) is 17.3 Å². The first-order valence-electron chi connectivity index (χ1n) is 7.56. The molecule has 0 saturated carbocycles. The van der Waals surface area contributed by atoms with Gasteiger partial charge in [-0.25, -0.2) is 4.99 Å². The van der Waals surface area contributed by atoms with Crippen LogP contribution in [0.2, 0.25) is 0 Å². The van der Waals surface area contributed by atoms with Crippen LogP contribution in [0.15, 0.2) is 57.3 Å². The number of aryl methyl sites for hydroxylation is 2. The molecule has 0 aromatic heterocycles. The topological polar surface area (TPSA) is 41.5 Å². The number of carbonyl (C=O) groups is 1. The fraction of sp³-hybridized carbons (Fsp3) is 0.158. The molecule has 0 spiro atoms. The van der Waals surface area contributed by atoms with Crippen LogP contribution in [-0.2, 0) is 4.79 Å². The third-order valence-corrected chi connectivity index (χ3v) is 5.30. The number of nitrogens with one attached hydrogen (secondary N) is 1. The number of benzene rings is 2. The second-order valence-corrected chi connectivity index (χ2v) is 7.46. The van der Waals surface area contributed by atoms with Gasteiger partial charge >= 0.3 is 0 Å². The summed E-state index contributed by atoms with van der Waals surface area (Å²) in [6.07, 6.45) is 3.94. The van der Waals surface area contributed by atoms with E-state index in [1.807, 2.05) is 50.4 Å². The number of carbonyl (C=O) groups excluding carboxylic acids is 1. The molecule has 1 N–H and O–H groups in total. The molecule has 24 heavy (non-hydrogen) atoms. The quantitative estimate of drug-likeness (QED) is 0.628. The summed E-state index contributed by atoms with van der Waals surface area (Å²) in [6.45, 7) is 4.05. The highest BCUT2D eigenvalue weighted by molar-refractivity contribution is 8.18. The summed E-state index contributed by atoms with van der Waals surface area (Å²) >= 11 is 3.08. The van der Waals surface area contributed by atoms with Crippen LogP contribution in [0, 0.1) is 13.8 Å². The SMILES string of the molecule is CSc1ccc(/C=C2/SC(=Nc3cc(C)ccc3C)NC2=O)cc1. The summed E-state index contributed by atoms with van der Waals surface area (Å²) in [4.78, 5) is 18.6. The molecule has 1 fully saturated rings. The number of amides is 1. The summed E-state index contributed by atoms with van der Waals surface area (Å²) in [5.74, 6) is -0.0991. The molecule has 122 valence electrons. The summed E-state index contributed by atoms with van der Waals surface area (Å²) in [6, 6.07) is 14.3. The van der Waals surface area contributed by atoms with Gasteiger partial charge in [0.25, 0.3) is 5.91 Å². The minimum absolute atomic E-state index is 0.0991. The molecule has 0 atom stereocenters. The first-order chi connectivity index (χ1) is 11.5. The lowest BCUT2D eigenvalue weighted by Crippen LogP contribution is -2.19. The van der Waals surface area contributed by atoms with Gasteiger partial charge in [-0.3, -0.25) is 4.79 Å². The highest BCUT2D eigenvalue weighted by Gasteiger charge is 2.23. The Morgan fingerprint density at radius 1 is 1.12 bits per heavy atom. The Kier molecular flexibility index (Phi) is 5.11. The average Bonchev–Trinajstić information content (AvgIpc) is 2.91. The van der Waals surface area contributed by atoms with E-state index in [4.69, 9.17) is 0 Å². The van der Waals surface area contributed by atoms with Gasteiger partial charge in [-0.1, -0.05) is 24.3 Å². The summed E-state index contributed by atoms with van der Waals surface area (Å²) in [5, 5.41) is 3.47. The van der Waals surface area contributed by atoms with Crippen molar-refractivity contribution < 1.29 is 4.79 Å². The Bertz CT molecular complexity index is 839. The maximum Gasteiger partial charge on any atom is 0.264 e. The van der Waals surface area contributed by atoms with Gasteiger partial charge in [-0.05, 0) is 72.8 Å². The van der Waals surface area contributed by atoms with Gasteiger partial charge in [-0.15, -0.1) is 11.8 Å². The smallest absolute Gasteiger partial charge is 0.264 e. The third kappa shape index (κ3) is 3.91. The normalized spacial score (nSPS) is 17.5. The van der Waals surface area contributed by atoms with E-state index in [0.29, 0.717) is 10.1 Å². The predicted octanol–water partition coefficient (Wildman–Crippen LogP) is 4.92. The Morgan fingerprint density at radius 3 is 2.58 bits per heavy atom. The maximum absolute atomic E-state index is 12.2. The Labute approximate surface area is 150 Å². The van der Waals surface area contributed by atoms with E-state index in [0.717, 1.165) is 22.4 Å². The van der Waals surface area contributed by atoms with Crippen LogP contribution in [0.5, 0.6) is 0 Å². The number of aliphatic imine (C=N–C) groups is 1. The Balaban J connectivity index is 1.83. The van der Waals surface area contributed by atoms with E-state index < -0.39 is 0 Å². The van der Waals surface area contributed by atoms with E-state index in [1.54, 1.807) is 11.8 Å². The largest absolute Gasteiger partial charge is 0.300 e. The van der Waals surface area contributed by atoms with Crippen molar-refractivity contribution in [1.29, 1.82) is 0 Å². The standard InChI is InChI=1S/C19H18N2OS2/c1-12-4-5-13(2)16(10-12)20-19-21-18(22)17(24-19)11-14-6-8-15(23-3)9-7-14/h4-11H,1-3H3,(H,20,21,22)/b17-11+. The number of amidine groups is 1. The molecule has 3 nitrogen and oxygen atoms in total. The number of thioether (sulfide) groups is 2. The van der Waals surface area contributed by atoms with Crippen LogP contribution in [0.4, 0.5) is 5.69 Å². The zero-order chi connectivity index (χ0) is 17.1. The van der Waals surface area contributed by atoms with Crippen molar-refractivity contribution in [3.8, 4) is 0 Å². The summed E-state index contributed by atoms with van der Waals surface area (Å²) in [5.41, 5.74) is 4.15. The van der Waals surface area contributed by atoms with Crippen LogP contribution in [0.3, 0.4) is 0 Å². The molecule has 1 aliphatic rings. The number of nitrogens with zero attached hydrogens (tertiary/aromatic N) is 1. The first kappa shape index (κ1) is 16.9. The van der Waals surface area contributed by atoms with Gasteiger partial charge < -0.3 is 5.32 Å². The van der Waals surface area contributed by atoms with Gasteiger partial charge in [0.15, 0.2) is 5.17 Å². The molecule has 2 aromatic carbocycles. The van der Waals surface area contributed by atoms with E-state index in [1.165, 1.54) is 16.7 Å². The number of hydrogen-bond acceptors (Lipinski definition) is 4. The maximum atomic E-state index is 12.2.